The summed E-state index contributed by atoms with van der Waals surface area (Å²) < 4.78 is 12.1. The Morgan fingerprint density at radius 3 is 2.56 bits per heavy atom. The van der Waals surface area contributed by atoms with E-state index in [2.05, 4.69) is 58.8 Å². The molecule has 0 radical (unpaired) electrons. The minimum absolute atomic E-state index is 0.446. The van der Waals surface area contributed by atoms with E-state index in [1.165, 1.54) is 0 Å². The summed E-state index contributed by atoms with van der Waals surface area (Å²) >= 11 is 0. The molecular weight excluding hydrogens is 426 g/mol. The molecule has 2 fully saturated rings. The van der Waals surface area contributed by atoms with Gasteiger partial charge in [-0.2, -0.15) is 0 Å². The van der Waals surface area contributed by atoms with E-state index in [-0.39, 0.29) is 0 Å². The molecule has 0 unspecified atom stereocenters. The van der Waals surface area contributed by atoms with E-state index >= 15 is 0 Å². The van der Waals surface area contributed by atoms with Crippen LogP contribution in [0.15, 0.2) is 30.3 Å². The molecular formula is C27H37N5O2. The zero-order valence-electron chi connectivity index (χ0n) is 20.6. The Bertz CT molecular complexity index is 1110. The maximum Gasteiger partial charge on any atom is 0.163 e. The number of nitrogens with one attached hydrogen (secondary N) is 3. The number of methoxy groups -OCH3 is 1. The van der Waals surface area contributed by atoms with Crippen LogP contribution in [-0.2, 0) is 0 Å². The number of anilines is 1. The number of hydrogen-bond acceptors (Lipinski definition) is 6. The number of benzene rings is 1. The lowest BCUT2D eigenvalue weighted by Gasteiger charge is -2.30. The summed E-state index contributed by atoms with van der Waals surface area (Å²) in [6, 6.07) is 10.9. The maximum absolute atomic E-state index is 6.30. The van der Waals surface area contributed by atoms with E-state index in [0.29, 0.717) is 18.6 Å². The predicted octanol–water partition coefficient (Wildman–Crippen LogP) is 4.43. The van der Waals surface area contributed by atoms with Gasteiger partial charge in [0.2, 0.25) is 0 Å². The number of rotatable bonds is 7. The average Bonchev–Trinajstić information content (AvgIpc) is 3.30. The van der Waals surface area contributed by atoms with Crippen LogP contribution in [0.2, 0.25) is 0 Å². The molecule has 0 amide bonds. The van der Waals surface area contributed by atoms with Crippen LogP contribution in [-0.4, -0.2) is 67.9 Å². The number of nitrogens with zero attached hydrogens (tertiary/aromatic N) is 2. The summed E-state index contributed by atoms with van der Waals surface area (Å²) in [5.41, 5.74) is 5.11. The maximum atomic E-state index is 6.30. The second-order valence-corrected chi connectivity index (χ2v) is 9.86. The first-order chi connectivity index (χ1) is 16.6. The van der Waals surface area contributed by atoms with Gasteiger partial charge in [-0.05, 0) is 96.0 Å². The summed E-state index contributed by atoms with van der Waals surface area (Å²) in [5, 5.41) is 8.32. The molecule has 0 aliphatic carbocycles. The average molecular weight is 464 g/mol. The number of piperidine rings is 2. The van der Waals surface area contributed by atoms with E-state index in [9.17, 15) is 0 Å². The van der Waals surface area contributed by atoms with Gasteiger partial charge in [0.05, 0.1) is 30.6 Å². The van der Waals surface area contributed by atoms with Crippen molar-refractivity contribution in [3.05, 3.63) is 36.0 Å². The van der Waals surface area contributed by atoms with Gasteiger partial charge in [0.15, 0.2) is 11.5 Å². The molecule has 182 valence electrons. The van der Waals surface area contributed by atoms with E-state index in [1.54, 1.807) is 7.11 Å². The molecule has 34 heavy (non-hydrogen) atoms. The SMILES string of the molecule is COc1cc2c(NC3CCN(C)CC3)cc(-c3ccc(C)[nH]3)nc2cc1OCC1CCNCC1. The fraction of sp³-hybridized carbons (Fsp3) is 0.519. The Morgan fingerprint density at radius 1 is 1.06 bits per heavy atom. The lowest BCUT2D eigenvalue weighted by Crippen LogP contribution is -2.36. The number of fused-ring (bicyclic) bond motifs is 1. The largest absolute Gasteiger partial charge is 0.493 e. The molecule has 2 aliphatic rings. The van der Waals surface area contributed by atoms with Crippen molar-refractivity contribution in [2.24, 2.45) is 5.92 Å². The van der Waals surface area contributed by atoms with Crippen molar-refractivity contribution in [3.63, 3.8) is 0 Å². The van der Waals surface area contributed by atoms with Crippen molar-refractivity contribution in [1.82, 2.24) is 20.2 Å². The van der Waals surface area contributed by atoms with Gasteiger partial charge in [0, 0.05) is 28.9 Å². The van der Waals surface area contributed by atoms with E-state index < -0.39 is 0 Å². The van der Waals surface area contributed by atoms with Gasteiger partial charge in [-0.1, -0.05) is 0 Å². The number of pyridine rings is 1. The normalized spacial score (nSPS) is 18.3. The summed E-state index contributed by atoms with van der Waals surface area (Å²) in [6.07, 6.45) is 4.56. The highest BCUT2D eigenvalue weighted by atomic mass is 16.5. The third-order valence-electron chi connectivity index (χ3n) is 7.21. The van der Waals surface area contributed by atoms with Crippen molar-refractivity contribution in [3.8, 4) is 22.9 Å². The third kappa shape index (κ3) is 5.15. The minimum Gasteiger partial charge on any atom is -0.493 e. The predicted molar refractivity (Wildman–Crippen MR) is 138 cm³/mol. The molecule has 3 aromatic rings. The van der Waals surface area contributed by atoms with Crippen LogP contribution in [0, 0.1) is 12.8 Å². The Hall–Kier alpha value is -2.77. The zero-order valence-corrected chi connectivity index (χ0v) is 20.6. The number of aromatic amines is 1. The quantitative estimate of drug-likeness (QED) is 0.481. The summed E-state index contributed by atoms with van der Waals surface area (Å²) in [6.45, 7) is 7.13. The topological polar surface area (TPSA) is 74.4 Å². The third-order valence-corrected chi connectivity index (χ3v) is 7.21. The first kappa shape index (κ1) is 23.0. The van der Waals surface area contributed by atoms with Crippen molar-refractivity contribution in [1.29, 1.82) is 0 Å². The summed E-state index contributed by atoms with van der Waals surface area (Å²) in [5.74, 6) is 2.11. The van der Waals surface area contributed by atoms with Crippen molar-refractivity contribution in [2.45, 2.75) is 38.6 Å². The number of H-pyrrole nitrogens is 1. The van der Waals surface area contributed by atoms with Crippen molar-refractivity contribution >= 4 is 16.6 Å². The molecule has 2 aliphatic heterocycles. The molecule has 0 spiro atoms. The highest BCUT2D eigenvalue weighted by molar-refractivity contribution is 5.96. The lowest BCUT2D eigenvalue weighted by atomic mass is 9.99. The Balaban J connectivity index is 1.50. The molecule has 0 atom stereocenters. The summed E-state index contributed by atoms with van der Waals surface area (Å²) in [4.78, 5) is 10.9. The number of hydrogen-bond donors (Lipinski definition) is 3. The highest BCUT2D eigenvalue weighted by Gasteiger charge is 2.20. The van der Waals surface area contributed by atoms with Crippen molar-refractivity contribution < 1.29 is 9.47 Å². The first-order valence-corrected chi connectivity index (χ1v) is 12.6. The van der Waals surface area contributed by atoms with Crippen LogP contribution in [0.1, 0.15) is 31.4 Å². The second kappa shape index (κ2) is 10.2. The smallest absolute Gasteiger partial charge is 0.163 e. The van der Waals surface area contributed by atoms with Gasteiger partial charge in [0.1, 0.15) is 0 Å². The molecule has 0 bridgehead atoms. The van der Waals surface area contributed by atoms with Crippen molar-refractivity contribution in [2.75, 3.05) is 52.3 Å². The standard InChI is InChI=1S/C27H37N5O2/c1-18-4-5-22(29-18)25-15-23(30-20-8-12-32(2)13-9-20)21-14-26(33-3)27(16-24(21)31-25)34-17-19-6-10-28-11-7-19/h4-5,14-16,19-20,28-29H,6-13,17H2,1-3H3,(H,30,31). The van der Waals surface area contributed by atoms with Gasteiger partial charge in [-0.25, -0.2) is 4.98 Å². The molecule has 1 aromatic carbocycles. The monoisotopic (exact) mass is 463 g/mol. The second-order valence-electron chi connectivity index (χ2n) is 9.86. The van der Waals surface area contributed by atoms with E-state index in [0.717, 1.165) is 97.0 Å². The van der Waals surface area contributed by atoms with E-state index in [1.807, 2.05) is 6.07 Å². The van der Waals surface area contributed by atoms with E-state index in [4.69, 9.17) is 14.5 Å². The van der Waals surface area contributed by atoms with Crippen LogP contribution in [0.25, 0.3) is 22.3 Å². The molecule has 7 nitrogen and oxygen atoms in total. The van der Waals surface area contributed by atoms with Gasteiger partial charge in [0.25, 0.3) is 0 Å². The van der Waals surface area contributed by atoms with Crippen LogP contribution >= 0.6 is 0 Å². The Labute approximate surface area is 202 Å². The summed E-state index contributed by atoms with van der Waals surface area (Å²) in [7, 11) is 3.91. The molecule has 2 aromatic heterocycles. The molecule has 4 heterocycles. The van der Waals surface area contributed by atoms with Crippen LogP contribution < -0.4 is 20.1 Å². The van der Waals surface area contributed by atoms with Crippen LogP contribution in [0.5, 0.6) is 11.5 Å². The highest BCUT2D eigenvalue weighted by Crippen LogP contribution is 2.38. The minimum atomic E-state index is 0.446. The zero-order chi connectivity index (χ0) is 23.5. The first-order valence-electron chi connectivity index (χ1n) is 12.6. The van der Waals surface area contributed by atoms with Gasteiger partial charge in [-0.15, -0.1) is 0 Å². The van der Waals surface area contributed by atoms with Gasteiger partial charge in [-0.3, -0.25) is 0 Å². The molecule has 7 heteroatoms. The molecule has 0 saturated carbocycles. The number of aryl methyl sites for hydroxylation is 1. The number of likely N-dealkylation sites (tertiary alicyclic amines) is 1. The van der Waals surface area contributed by atoms with Crippen LogP contribution in [0.4, 0.5) is 5.69 Å². The number of ether oxygens (including phenoxy) is 2. The lowest BCUT2D eigenvalue weighted by molar-refractivity contribution is 0.208. The van der Waals surface area contributed by atoms with Crippen LogP contribution in [0.3, 0.4) is 0 Å². The molecule has 5 rings (SSSR count). The fourth-order valence-corrected chi connectivity index (χ4v) is 5.05. The Morgan fingerprint density at radius 2 is 1.85 bits per heavy atom. The van der Waals surface area contributed by atoms with Gasteiger partial charge >= 0.3 is 0 Å². The molecule has 3 N–H and O–H groups in total. The fourth-order valence-electron chi connectivity index (χ4n) is 5.05. The number of aromatic nitrogens is 2. The Kier molecular flexibility index (Phi) is 6.92. The molecule has 2 saturated heterocycles. The van der Waals surface area contributed by atoms with Gasteiger partial charge < -0.3 is 30.0 Å².